The fraction of sp³-hybridized carbons (Fsp3) is 0.567. The van der Waals surface area contributed by atoms with E-state index < -0.39 is 11.6 Å². The second kappa shape index (κ2) is 9.76. The minimum Gasteiger partial charge on any atom is -0.508 e. The molecule has 4 aliphatic rings. The summed E-state index contributed by atoms with van der Waals surface area (Å²) in [6.07, 6.45) is 8.25. The molecule has 10 heteroatoms. The Morgan fingerprint density at radius 3 is 2.52 bits per heavy atom. The summed E-state index contributed by atoms with van der Waals surface area (Å²) < 4.78 is 37.7. The Bertz CT molecular complexity index is 1440. The van der Waals surface area contributed by atoms with Crippen molar-refractivity contribution in [3.8, 4) is 23.0 Å². The maximum Gasteiger partial charge on any atom is 0.319 e. The summed E-state index contributed by atoms with van der Waals surface area (Å²) >= 11 is 0. The summed E-state index contributed by atoms with van der Waals surface area (Å²) in [5.41, 5.74) is 0.579. The molecule has 0 amide bonds. The molecule has 2 bridgehead atoms. The van der Waals surface area contributed by atoms with Crippen molar-refractivity contribution in [2.24, 2.45) is 0 Å². The highest BCUT2D eigenvalue weighted by Gasteiger charge is 2.45. The van der Waals surface area contributed by atoms with E-state index in [9.17, 15) is 9.50 Å². The lowest BCUT2D eigenvalue weighted by Crippen LogP contribution is -2.51. The van der Waals surface area contributed by atoms with E-state index in [1.165, 1.54) is 6.07 Å². The van der Waals surface area contributed by atoms with E-state index in [-0.39, 0.29) is 40.0 Å². The summed E-state index contributed by atoms with van der Waals surface area (Å²) in [5, 5.41) is 14.3. The third kappa shape index (κ3) is 4.27. The van der Waals surface area contributed by atoms with Crippen LogP contribution >= 0.6 is 0 Å². The van der Waals surface area contributed by atoms with Crippen molar-refractivity contribution in [2.75, 3.05) is 37.7 Å². The van der Waals surface area contributed by atoms with Crippen LogP contribution in [0.1, 0.15) is 63.9 Å². The molecule has 0 spiro atoms. The van der Waals surface area contributed by atoms with E-state index in [1.807, 2.05) is 13.8 Å². The van der Waals surface area contributed by atoms with Gasteiger partial charge >= 0.3 is 6.01 Å². The minimum atomic E-state index is -0.669. The third-order valence-corrected chi connectivity index (χ3v) is 9.39. The van der Waals surface area contributed by atoms with Crippen LogP contribution in [0.25, 0.3) is 22.2 Å². The Morgan fingerprint density at radius 1 is 1.10 bits per heavy atom. The van der Waals surface area contributed by atoms with Gasteiger partial charge in [0.2, 0.25) is 0 Å². The molecule has 0 aliphatic carbocycles. The molecule has 4 aliphatic heterocycles. The zero-order valence-corrected chi connectivity index (χ0v) is 23.1. The van der Waals surface area contributed by atoms with Crippen LogP contribution < -0.4 is 15.0 Å². The van der Waals surface area contributed by atoms with Gasteiger partial charge in [-0.25, -0.2) is 8.78 Å². The van der Waals surface area contributed by atoms with E-state index >= 15 is 4.39 Å². The SMILES string of the molecule is CC(C)c1c(F)cc(O)cc1-c1ncc2c(N3CC4CCC(C3)N4)nc(OCC34CCCN3CCC4)nc2c1F. The van der Waals surface area contributed by atoms with Crippen molar-refractivity contribution in [1.82, 2.24) is 25.2 Å². The maximum absolute atomic E-state index is 16.5. The number of hydrogen-bond donors (Lipinski definition) is 2. The van der Waals surface area contributed by atoms with Crippen LogP contribution in [0.5, 0.6) is 11.8 Å². The molecule has 2 unspecified atom stereocenters. The van der Waals surface area contributed by atoms with Gasteiger partial charge in [0.05, 0.1) is 10.9 Å². The van der Waals surface area contributed by atoms with Gasteiger partial charge in [0, 0.05) is 48.6 Å². The number of ether oxygens (including phenoxy) is 1. The summed E-state index contributed by atoms with van der Waals surface area (Å²) in [6.45, 7) is 7.82. The van der Waals surface area contributed by atoms with Crippen LogP contribution in [0, 0.1) is 11.6 Å². The molecule has 0 radical (unpaired) electrons. The standard InChI is InChI=1S/C30H36F2N6O2/c1-17(2)24-21(11-20(39)12-23(24)31)26-25(32)27-22(13-33-26)28(37-14-18-5-6-19(15-37)34-18)36-29(35-27)40-16-30-7-3-9-38(30)10-4-8-30/h11-13,17-19,34,39H,3-10,14-16H2,1-2H3. The smallest absolute Gasteiger partial charge is 0.319 e. The molecule has 0 saturated carbocycles. The number of fused-ring (bicyclic) bond motifs is 4. The number of nitrogens with one attached hydrogen (secondary N) is 1. The zero-order valence-electron chi connectivity index (χ0n) is 23.1. The van der Waals surface area contributed by atoms with E-state index in [2.05, 4.69) is 25.1 Å². The van der Waals surface area contributed by atoms with Gasteiger partial charge in [0.15, 0.2) is 5.82 Å². The Morgan fingerprint density at radius 2 is 1.82 bits per heavy atom. The molecule has 8 nitrogen and oxygen atoms in total. The highest BCUT2D eigenvalue weighted by molar-refractivity contribution is 5.92. The summed E-state index contributed by atoms with van der Waals surface area (Å²) in [6, 6.07) is 3.30. The van der Waals surface area contributed by atoms with Crippen molar-refractivity contribution in [3.63, 3.8) is 0 Å². The molecule has 212 valence electrons. The van der Waals surface area contributed by atoms with Gasteiger partial charge in [-0.1, -0.05) is 13.8 Å². The van der Waals surface area contributed by atoms with Crippen molar-refractivity contribution in [2.45, 2.75) is 75.9 Å². The minimum absolute atomic E-state index is 0.000159. The molecule has 2 aromatic heterocycles. The number of aromatic nitrogens is 3. The highest BCUT2D eigenvalue weighted by atomic mass is 19.1. The first kappa shape index (κ1) is 25.8. The van der Waals surface area contributed by atoms with Crippen LogP contribution in [0.2, 0.25) is 0 Å². The number of nitrogens with zero attached hydrogens (tertiary/aromatic N) is 5. The molecule has 4 fully saturated rings. The number of pyridine rings is 1. The zero-order chi connectivity index (χ0) is 27.6. The monoisotopic (exact) mass is 550 g/mol. The summed E-state index contributed by atoms with van der Waals surface area (Å²) in [5.74, 6) is -1.17. The fourth-order valence-electron chi connectivity index (χ4n) is 7.53. The van der Waals surface area contributed by atoms with Gasteiger partial charge in [-0.3, -0.25) is 9.88 Å². The van der Waals surface area contributed by atoms with Gasteiger partial charge in [-0.15, -0.1) is 0 Å². The molecule has 40 heavy (non-hydrogen) atoms. The molecule has 1 aromatic carbocycles. The van der Waals surface area contributed by atoms with Gasteiger partial charge in [0.25, 0.3) is 0 Å². The lowest BCUT2D eigenvalue weighted by molar-refractivity contribution is 0.108. The predicted molar refractivity (Wildman–Crippen MR) is 149 cm³/mol. The first-order valence-corrected chi connectivity index (χ1v) is 14.6. The third-order valence-electron chi connectivity index (χ3n) is 9.39. The number of phenols is 1. The average molecular weight is 551 g/mol. The topological polar surface area (TPSA) is 86.6 Å². The summed E-state index contributed by atoms with van der Waals surface area (Å²) in [7, 11) is 0. The maximum atomic E-state index is 16.5. The van der Waals surface area contributed by atoms with Gasteiger partial charge in [-0.2, -0.15) is 9.97 Å². The van der Waals surface area contributed by atoms with E-state index in [1.54, 1.807) is 6.20 Å². The molecular formula is C30H36F2N6O2. The van der Waals surface area contributed by atoms with Crippen molar-refractivity contribution < 1.29 is 18.6 Å². The Kier molecular flexibility index (Phi) is 6.31. The number of phenolic OH excluding ortho intramolecular Hbond substituents is 1. The number of anilines is 1. The van der Waals surface area contributed by atoms with E-state index in [4.69, 9.17) is 9.72 Å². The predicted octanol–water partition coefficient (Wildman–Crippen LogP) is 4.75. The molecular weight excluding hydrogens is 514 g/mol. The van der Waals surface area contributed by atoms with Crippen LogP contribution in [0.15, 0.2) is 18.3 Å². The highest BCUT2D eigenvalue weighted by Crippen LogP contribution is 2.41. The van der Waals surface area contributed by atoms with Gasteiger partial charge in [0.1, 0.15) is 35.2 Å². The first-order valence-electron chi connectivity index (χ1n) is 14.6. The molecule has 2 atom stereocenters. The molecule has 4 saturated heterocycles. The van der Waals surface area contributed by atoms with Gasteiger partial charge < -0.3 is 20.1 Å². The Balaban J connectivity index is 1.34. The molecule has 2 N–H and O–H groups in total. The van der Waals surface area contributed by atoms with Crippen LogP contribution in [0.3, 0.4) is 0 Å². The molecule has 3 aromatic rings. The second-order valence-electron chi connectivity index (χ2n) is 12.3. The quantitative estimate of drug-likeness (QED) is 0.455. The number of aromatic hydroxyl groups is 1. The number of piperazine rings is 1. The Hall–Kier alpha value is -3.11. The first-order chi connectivity index (χ1) is 19.3. The lowest BCUT2D eigenvalue weighted by Gasteiger charge is -2.34. The molecule has 6 heterocycles. The number of hydrogen-bond acceptors (Lipinski definition) is 8. The lowest BCUT2D eigenvalue weighted by atomic mass is 9.93. The van der Waals surface area contributed by atoms with Crippen molar-refractivity contribution in [3.05, 3.63) is 35.5 Å². The second-order valence-corrected chi connectivity index (χ2v) is 12.3. The Labute approximate surface area is 232 Å². The largest absolute Gasteiger partial charge is 0.508 e. The fourth-order valence-corrected chi connectivity index (χ4v) is 7.53. The number of halogens is 2. The van der Waals surface area contributed by atoms with Crippen molar-refractivity contribution in [1.29, 1.82) is 0 Å². The van der Waals surface area contributed by atoms with E-state index in [0.717, 1.165) is 70.8 Å². The van der Waals surface area contributed by atoms with Crippen LogP contribution in [-0.4, -0.2) is 75.4 Å². The van der Waals surface area contributed by atoms with Crippen LogP contribution in [0.4, 0.5) is 14.6 Å². The summed E-state index contributed by atoms with van der Waals surface area (Å²) in [4.78, 5) is 18.6. The normalized spacial score (nSPS) is 23.9. The number of rotatable bonds is 6. The average Bonchev–Trinajstić information content (AvgIpc) is 3.60. The van der Waals surface area contributed by atoms with Gasteiger partial charge in [-0.05, 0) is 63.6 Å². The molecule has 7 rings (SSSR count). The van der Waals surface area contributed by atoms with E-state index in [0.29, 0.717) is 35.5 Å². The number of benzene rings is 1. The van der Waals surface area contributed by atoms with Crippen LogP contribution in [-0.2, 0) is 0 Å². The van der Waals surface area contributed by atoms with Crippen molar-refractivity contribution >= 4 is 16.7 Å².